The monoisotopic (exact) mass is 385 g/mol. The van der Waals surface area contributed by atoms with E-state index in [0.717, 1.165) is 11.1 Å². The zero-order chi connectivity index (χ0) is 20.1. The highest BCUT2D eigenvalue weighted by atomic mass is 16.5. The first-order valence-corrected chi connectivity index (χ1v) is 9.14. The zero-order valence-corrected chi connectivity index (χ0v) is 15.8. The Balaban J connectivity index is 1.68. The molecule has 0 saturated heterocycles. The second-order valence-electron chi connectivity index (χ2n) is 6.33. The maximum absolute atomic E-state index is 13.0. The number of carbonyl (C=O) groups excluding carboxylic acids is 1. The molecule has 0 aliphatic rings. The van der Waals surface area contributed by atoms with Gasteiger partial charge in [-0.05, 0) is 29.8 Å². The second-order valence-corrected chi connectivity index (χ2v) is 6.33. The van der Waals surface area contributed by atoms with Crippen LogP contribution < -0.4 is 10.1 Å². The van der Waals surface area contributed by atoms with E-state index in [2.05, 4.69) is 15.5 Å². The van der Waals surface area contributed by atoms with Gasteiger partial charge in [0.25, 0.3) is 5.91 Å². The number of nitrogens with zero attached hydrogens (tertiary/aromatic N) is 2. The highest BCUT2D eigenvalue weighted by Gasteiger charge is 2.25. The Labute approximate surface area is 168 Å². The lowest BCUT2D eigenvalue weighted by molar-refractivity contribution is 0.0935. The van der Waals surface area contributed by atoms with Crippen LogP contribution in [0.15, 0.2) is 89.3 Å². The number of amides is 1. The maximum Gasteiger partial charge on any atom is 0.255 e. The second kappa shape index (κ2) is 8.39. The topological polar surface area (TPSA) is 77.2 Å². The Morgan fingerprint density at radius 2 is 1.55 bits per heavy atom. The van der Waals surface area contributed by atoms with Crippen molar-refractivity contribution in [2.45, 2.75) is 6.04 Å². The lowest BCUT2D eigenvalue weighted by Gasteiger charge is -2.16. The van der Waals surface area contributed by atoms with Gasteiger partial charge in [0, 0.05) is 5.56 Å². The molecule has 3 aromatic carbocycles. The zero-order valence-electron chi connectivity index (χ0n) is 15.8. The molecule has 1 N–H and O–H groups in total. The first-order valence-electron chi connectivity index (χ1n) is 9.14. The molecule has 6 nitrogen and oxygen atoms in total. The molecule has 29 heavy (non-hydrogen) atoms. The van der Waals surface area contributed by atoms with Crippen molar-refractivity contribution < 1.29 is 13.9 Å². The fourth-order valence-corrected chi connectivity index (χ4v) is 3.02. The predicted octanol–water partition coefficient (Wildman–Crippen LogP) is 4.26. The van der Waals surface area contributed by atoms with Crippen LogP contribution in [0, 0.1) is 0 Å². The van der Waals surface area contributed by atoms with E-state index in [1.807, 2.05) is 66.7 Å². The summed E-state index contributed by atoms with van der Waals surface area (Å²) in [7, 11) is 1.53. The van der Waals surface area contributed by atoms with Crippen LogP contribution in [0.25, 0.3) is 11.5 Å². The number of aromatic nitrogens is 2. The van der Waals surface area contributed by atoms with Gasteiger partial charge in [0.1, 0.15) is 11.8 Å². The third-order valence-electron chi connectivity index (χ3n) is 4.47. The fraction of sp³-hybridized carbons (Fsp3) is 0.0870. The standard InChI is InChI=1S/C23H19N3O3/c1-28-19-15-9-8-14-18(19)21(27)24-20(16-10-4-2-5-11-16)23-26-25-22(29-23)17-12-6-3-7-13-17/h2-15,20H,1H3,(H,24,27)/t20-/m1/s1. The number of ether oxygens (including phenoxy) is 1. The lowest BCUT2D eigenvalue weighted by Crippen LogP contribution is -2.29. The number of para-hydroxylation sites is 1. The molecule has 0 spiro atoms. The summed E-state index contributed by atoms with van der Waals surface area (Å²) in [6.07, 6.45) is 0. The number of hydrogen-bond donors (Lipinski definition) is 1. The van der Waals surface area contributed by atoms with Crippen LogP contribution in [0.5, 0.6) is 5.75 Å². The van der Waals surface area contributed by atoms with Crippen molar-refractivity contribution in [3.8, 4) is 17.2 Å². The van der Waals surface area contributed by atoms with Crippen LogP contribution >= 0.6 is 0 Å². The number of carbonyl (C=O) groups is 1. The van der Waals surface area contributed by atoms with Gasteiger partial charge in [-0.25, -0.2) is 0 Å². The summed E-state index contributed by atoms with van der Waals surface area (Å²) >= 11 is 0. The average Bonchev–Trinajstić information content (AvgIpc) is 3.28. The number of nitrogens with one attached hydrogen (secondary N) is 1. The van der Waals surface area contributed by atoms with E-state index in [-0.39, 0.29) is 5.91 Å². The van der Waals surface area contributed by atoms with Crippen LogP contribution in [0.1, 0.15) is 27.9 Å². The number of hydrogen-bond acceptors (Lipinski definition) is 5. The van der Waals surface area contributed by atoms with E-state index in [1.54, 1.807) is 18.2 Å². The molecule has 4 rings (SSSR count). The van der Waals surface area contributed by atoms with Gasteiger partial charge >= 0.3 is 0 Å². The Kier molecular flexibility index (Phi) is 5.33. The molecular weight excluding hydrogens is 366 g/mol. The van der Waals surface area contributed by atoms with Crippen molar-refractivity contribution in [1.82, 2.24) is 15.5 Å². The van der Waals surface area contributed by atoms with Gasteiger partial charge in [-0.2, -0.15) is 0 Å². The molecule has 0 aliphatic carbocycles. The quantitative estimate of drug-likeness (QED) is 0.536. The van der Waals surface area contributed by atoms with E-state index >= 15 is 0 Å². The highest BCUT2D eigenvalue weighted by Crippen LogP contribution is 2.26. The third kappa shape index (κ3) is 4.01. The van der Waals surface area contributed by atoms with Crippen molar-refractivity contribution >= 4 is 5.91 Å². The lowest BCUT2D eigenvalue weighted by atomic mass is 10.1. The Morgan fingerprint density at radius 1 is 0.897 bits per heavy atom. The first kappa shape index (κ1) is 18.4. The van der Waals surface area contributed by atoms with E-state index in [0.29, 0.717) is 23.1 Å². The minimum absolute atomic E-state index is 0.296. The molecular formula is C23H19N3O3. The molecule has 0 saturated carbocycles. The summed E-state index contributed by atoms with van der Waals surface area (Å²) in [6.45, 7) is 0. The SMILES string of the molecule is COc1ccccc1C(=O)N[C@H](c1ccccc1)c1nnc(-c2ccccc2)o1. The minimum Gasteiger partial charge on any atom is -0.496 e. The Bertz CT molecular complexity index is 1090. The van der Waals surface area contributed by atoms with E-state index in [1.165, 1.54) is 7.11 Å². The molecule has 0 bridgehead atoms. The summed E-state index contributed by atoms with van der Waals surface area (Å²) in [6, 6.07) is 25.5. The molecule has 1 aromatic heterocycles. The van der Waals surface area contributed by atoms with E-state index < -0.39 is 6.04 Å². The molecule has 1 atom stereocenters. The van der Waals surface area contributed by atoms with Crippen LogP contribution in [0.2, 0.25) is 0 Å². The molecule has 1 heterocycles. The highest BCUT2D eigenvalue weighted by molar-refractivity contribution is 5.97. The van der Waals surface area contributed by atoms with Crippen molar-refractivity contribution in [3.05, 3.63) is 102 Å². The van der Waals surface area contributed by atoms with Crippen molar-refractivity contribution in [2.75, 3.05) is 7.11 Å². The maximum atomic E-state index is 13.0. The number of benzene rings is 3. The summed E-state index contributed by atoms with van der Waals surface area (Å²) in [4.78, 5) is 13.0. The van der Waals surface area contributed by atoms with Crippen molar-refractivity contribution in [2.24, 2.45) is 0 Å². The van der Waals surface area contributed by atoms with Crippen LogP contribution in [-0.4, -0.2) is 23.2 Å². The number of methoxy groups -OCH3 is 1. The van der Waals surface area contributed by atoms with E-state index in [4.69, 9.17) is 9.15 Å². The normalized spacial score (nSPS) is 11.6. The third-order valence-corrected chi connectivity index (χ3v) is 4.47. The van der Waals surface area contributed by atoms with Crippen LogP contribution in [0.4, 0.5) is 0 Å². The molecule has 0 radical (unpaired) electrons. The van der Waals surface area contributed by atoms with Gasteiger partial charge in [0.2, 0.25) is 11.8 Å². The first-order chi connectivity index (χ1) is 14.3. The number of rotatable bonds is 6. The van der Waals surface area contributed by atoms with Crippen LogP contribution in [0.3, 0.4) is 0 Å². The van der Waals surface area contributed by atoms with Gasteiger partial charge in [-0.15, -0.1) is 10.2 Å². The molecule has 1 amide bonds. The van der Waals surface area contributed by atoms with Crippen molar-refractivity contribution in [3.63, 3.8) is 0 Å². The van der Waals surface area contributed by atoms with Gasteiger partial charge in [0.15, 0.2) is 0 Å². The van der Waals surface area contributed by atoms with Gasteiger partial charge in [0.05, 0.1) is 12.7 Å². The summed E-state index contributed by atoms with van der Waals surface area (Å²) in [5.41, 5.74) is 2.08. The largest absolute Gasteiger partial charge is 0.496 e. The molecule has 6 heteroatoms. The summed E-state index contributed by atoms with van der Waals surface area (Å²) in [5, 5.41) is 11.3. The van der Waals surface area contributed by atoms with Crippen molar-refractivity contribution in [1.29, 1.82) is 0 Å². The summed E-state index contributed by atoms with van der Waals surface area (Å²) in [5.74, 6) is 0.898. The minimum atomic E-state index is -0.599. The van der Waals surface area contributed by atoms with Crippen LogP contribution in [-0.2, 0) is 0 Å². The Hall–Kier alpha value is -3.93. The predicted molar refractivity (Wildman–Crippen MR) is 108 cm³/mol. The molecule has 0 aliphatic heterocycles. The average molecular weight is 385 g/mol. The molecule has 4 aromatic rings. The van der Waals surface area contributed by atoms with Gasteiger partial charge in [-0.1, -0.05) is 60.7 Å². The summed E-state index contributed by atoms with van der Waals surface area (Å²) < 4.78 is 11.2. The molecule has 0 unspecified atom stereocenters. The molecule has 0 fully saturated rings. The van der Waals surface area contributed by atoms with E-state index in [9.17, 15) is 4.79 Å². The Morgan fingerprint density at radius 3 is 2.28 bits per heavy atom. The van der Waals surface area contributed by atoms with Gasteiger partial charge < -0.3 is 14.5 Å². The smallest absolute Gasteiger partial charge is 0.255 e. The fourth-order valence-electron chi connectivity index (χ4n) is 3.02. The molecule has 144 valence electrons. The van der Waals surface area contributed by atoms with Gasteiger partial charge in [-0.3, -0.25) is 4.79 Å².